The van der Waals surface area contributed by atoms with Crippen molar-refractivity contribution in [1.82, 2.24) is 24.9 Å². The van der Waals surface area contributed by atoms with Crippen molar-refractivity contribution < 1.29 is 19.2 Å². The number of benzene rings is 1. The van der Waals surface area contributed by atoms with Crippen LogP contribution in [0.25, 0.3) is 33.5 Å². The van der Waals surface area contributed by atoms with Crippen molar-refractivity contribution >= 4 is 22.8 Å². The molecular weight excluding hydrogens is 544 g/mol. The van der Waals surface area contributed by atoms with E-state index >= 15 is 0 Å². The fraction of sp³-hybridized carbons (Fsp3) is 0.364. The first-order valence-corrected chi connectivity index (χ1v) is 14.8. The van der Waals surface area contributed by atoms with E-state index in [0.717, 1.165) is 54.8 Å². The molecule has 2 aliphatic rings. The van der Waals surface area contributed by atoms with Crippen molar-refractivity contribution in [3.05, 3.63) is 72.2 Å². The molecule has 10 heteroatoms. The Labute approximate surface area is 249 Å². The minimum atomic E-state index is -0.510. The van der Waals surface area contributed by atoms with Gasteiger partial charge in [-0.3, -0.25) is 4.79 Å². The Kier molecular flexibility index (Phi) is 6.83. The number of hydrogen-bond acceptors (Lipinski definition) is 9. The van der Waals surface area contributed by atoms with E-state index in [1.54, 1.807) is 12.3 Å². The molecule has 1 unspecified atom stereocenters. The van der Waals surface area contributed by atoms with Crippen molar-refractivity contribution in [2.24, 2.45) is 5.92 Å². The zero-order valence-electron chi connectivity index (χ0n) is 24.5. The Bertz CT molecular complexity index is 1810. The molecule has 2 atom stereocenters. The fourth-order valence-corrected chi connectivity index (χ4v) is 6.29. The summed E-state index contributed by atoms with van der Waals surface area (Å²) in [5.41, 5.74) is 6.14. The number of pyridine rings is 1. The normalized spacial score (nSPS) is 17.6. The predicted octanol–water partition coefficient (Wildman–Crippen LogP) is 6.10. The first-order valence-electron chi connectivity index (χ1n) is 14.8. The predicted molar refractivity (Wildman–Crippen MR) is 162 cm³/mol. The smallest absolute Gasteiger partial charge is 0.316 e. The summed E-state index contributed by atoms with van der Waals surface area (Å²) in [7, 11) is 1.39. The van der Waals surface area contributed by atoms with Crippen LogP contribution < -0.4 is 4.90 Å². The van der Waals surface area contributed by atoms with Crippen LogP contribution in [0, 0.1) is 5.92 Å². The van der Waals surface area contributed by atoms with Crippen LogP contribution in [0.1, 0.15) is 62.4 Å². The molecule has 1 N–H and O–H groups in total. The molecule has 1 saturated carbocycles. The Hall–Kier alpha value is -4.73. The van der Waals surface area contributed by atoms with Crippen molar-refractivity contribution in [2.75, 3.05) is 25.1 Å². The van der Waals surface area contributed by atoms with Crippen LogP contribution >= 0.6 is 0 Å². The minimum Gasteiger partial charge on any atom is -0.507 e. The van der Waals surface area contributed by atoms with Crippen LogP contribution in [0.3, 0.4) is 0 Å². The number of carbonyl (C=O) groups is 1. The number of methoxy groups -OCH3 is 1. The van der Waals surface area contributed by atoms with Gasteiger partial charge in [0.1, 0.15) is 28.7 Å². The quantitative estimate of drug-likeness (QED) is 0.218. The van der Waals surface area contributed by atoms with E-state index in [4.69, 9.17) is 14.2 Å². The van der Waals surface area contributed by atoms with E-state index in [1.165, 1.54) is 12.8 Å². The molecule has 4 aromatic heterocycles. The van der Waals surface area contributed by atoms with E-state index in [2.05, 4.69) is 37.0 Å². The van der Waals surface area contributed by atoms with Crippen LogP contribution in [-0.4, -0.2) is 56.2 Å². The zero-order valence-corrected chi connectivity index (χ0v) is 24.5. The second-order valence-corrected chi connectivity index (χ2v) is 11.9. The molecule has 0 spiro atoms. The molecule has 5 aromatic rings. The molecule has 220 valence electrons. The maximum atomic E-state index is 12.4. The Morgan fingerprint density at radius 1 is 1.05 bits per heavy atom. The van der Waals surface area contributed by atoms with E-state index < -0.39 is 5.92 Å². The van der Waals surface area contributed by atoms with Crippen LogP contribution in [0.4, 0.5) is 5.82 Å². The zero-order chi connectivity index (χ0) is 29.7. The number of anilines is 1. The number of carbonyl (C=O) groups excluding carboxylic acids is 1. The molecule has 2 fully saturated rings. The maximum Gasteiger partial charge on any atom is 0.316 e. The molecule has 1 aliphatic heterocycles. The third-order valence-electron chi connectivity index (χ3n) is 8.64. The van der Waals surface area contributed by atoms with Gasteiger partial charge in [0.2, 0.25) is 0 Å². The minimum absolute atomic E-state index is 0.0112. The van der Waals surface area contributed by atoms with Gasteiger partial charge >= 0.3 is 5.97 Å². The van der Waals surface area contributed by atoms with E-state index in [-0.39, 0.29) is 17.6 Å². The lowest BCUT2D eigenvalue weighted by atomic mass is 9.93. The molecule has 10 nitrogen and oxygen atoms in total. The van der Waals surface area contributed by atoms with Crippen LogP contribution in [-0.2, 0) is 9.53 Å². The fourth-order valence-electron chi connectivity index (χ4n) is 6.29. The first kappa shape index (κ1) is 27.1. The van der Waals surface area contributed by atoms with Gasteiger partial charge in [0, 0.05) is 54.1 Å². The SMILES string of the molecule is COC(=O)C(c1cc(-c2ccnc(N3CC[C@@H](c4cc5nnc(-c6ccccc6O)cc5n4C4CC4)C3)c2)no1)C(C)C. The third kappa shape index (κ3) is 5.00. The average molecular weight is 579 g/mol. The second kappa shape index (κ2) is 10.8. The van der Waals surface area contributed by atoms with Gasteiger partial charge in [-0.05, 0) is 61.6 Å². The van der Waals surface area contributed by atoms with Gasteiger partial charge < -0.3 is 23.8 Å². The lowest BCUT2D eigenvalue weighted by Gasteiger charge is -2.19. The summed E-state index contributed by atoms with van der Waals surface area (Å²) in [5, 5.41) is 23.7. The third-order valence-corrected chi connectivity index (χ3v) is 8.64. The van der Waals surface area contributed by atoms with Gasteiger partial charge in [-0.2, -0.15) is 0 Å². The molecule has 0 radical (unpaired) electrons. The number of phenolic OH excluding ortho intramolecular Hbond substituents is 1. The summed E-state index contributed by atoms with van der Waals surface area (Å²) in [4.78, 5) is 19.4. The van der Waals surface area contributed by atoms with Crippen LogP contribution in [0.15, 0.2) is 65.3 Å². The van der Waals surface area contributed by atoms with Gasteiger partial charge in [0.25, 0.3) is 0 Å². The maximum absolute atomic E-state index is 12.4. The molecule has 1 saturated heterocycles. The summed E-state index contributed by atoms with van der Waals surface area (Å²) in [6, 6.07) is 17.7. The number of rotatable bonds is 8. The van der Waals surface area contributed by atoms with Gasteiger partial charge in [0.05, 0.1) is 18.3 Å². The Morgan fingerprint density at radius 3 is 2.65 bits per heavy atom. The summed E-state index contributed by atoms with van der Waals surface area (Å²) >= 11 is 0. The number of phenols is 1. The van der Waals surface area contributed by atoms with Gasteiger partial charge in [-0.1, -0.05) is 31.1 Å². The van der Waals surface area contributed by atoms with Crippen molar-refractivity contribution in [3.63, 3.8) is 0 Å². The topological polar surface area (TPSA) is 119 Å². The van der Waals surface area contributed by atoms with Crippen molar-refractivity contribution in [3.8, 4) is 28.3 Å². The highest BCUT2D eigenvalue weighted by Gasteiger charge is 2.34. The highest BCUT2D eigenvalue weighted by atomic mass is 16.5. The highest BCUT2D eigenvalue weighted by molar-refractivity contribution is 5.82. The molecule has 0 amide bonds. The lowest BCUT2D eigenvalue weighted by Crippen LogP contribution is -2.21. The Morgan fingerprint density at radius 2 is 1.88 bits per heavy atom. The summed E-state index contributed by atoms with van der Waals surface area (Å²) in [5.74, 6) is 1.07. The van der Waals surface area contributed by atoms with Crippen molar-refractivity contribution in [2.45, 2.75) is 51.0 Å². The van der Waals surface area contributed by atoms with E-state index in [1.807, 2.05) is 50.2 Å². The van der Waals surface area contributed by atoms with E-state index in [0.29, 0.717) is 34.7 Å². The number of ether oxygens (including phenoxy) is 1. The molecule has 1 aromatic carbocycles. The van der Waals surface area contributed by atoms with Crippen LogP contribution in [0.5, 0.6) is 5.75 Å². The summed E-state index contributed by atoms with van der Waals surface area (Å²) < 4.78 is 13.1. The van der Waals surface area contributed by atoms with Crippen LogP contribution in [0.2, 0.25) is 0 Å². The summed E-state index contributed by atoms with van der Waals surface area (Å²) in [6.45, 7) is 5.63. The summed E-state index contributed by atoms with van der Waals surface area (Å²) in [6.07, 6.45) is 5.10. The number of aromatic nitrogens is 5. The number of hydrogen-bond donors (Lipinski definition) is 1. The van der Waals surface area contributed by atoms with Gasteiger partial charge in [-0.15, -0.1) is 10.2 Å². The molecule has 43 heavy (non-hydrogen) atoms. The van der Waals surface area contributed by atoms with Gasteiger partial charge in [-0.25, -0.2) is 4.98 Å². The molecular formula is C33H34N6O4. The number of esters is 1. The number of para-hydroxylation sites is 1. The second-order valence-electron chi connectivity index (χ2n) is 11.9. The standard InChI is InChI=1S/C33H34N6O4/c1-19(2)32(33(41)42-3)30-17-24(37-43-30)20-10-12-34-31(14-20)38-13-11-21(18-38)27-16-26-28(39(27)22-8-9-22)15-25(35-36-26)23-6-4-5-7-29(23)40/h4-7,10,12,14-17,19,21-22,32,40H,8-9,11,13,18H2,1-3H3/t21-,32?/m1/s1. The van der Waals surface area contributed by atoms with E-state index in [9.17, 15) is 9.90 Å². The Balaban J connectivity index is 1.15. The first-order chi connectivity index (χ1) is 20.9. The number of fused-ring (bicyclic) bond motifs is 1. The molecule has 0 bridgehead atoms. The largest absolute Gasteiger partial charge is 0.507 e. The molecule has 7 rings (SSSR count). The number of aromatic hydroxyl groups is 1. The molecule has 1 aliphatic carbocycles. The van der Waals surface area contributed by atoms with Crippen molar-refractivity contribution in [1.29, 1.82) is 0 Å². The van der Waals surface area contributed by atoms with Gasteiger partial charge in [0.15, 0.2) is 5.76 Å². The average Bonchev–Trinajstić information content (AvgIpc) is 3.39. The number of nitrogens with zero attached hydrogens (tertiary/aromatic N) is 6. The monoisotopic (exact) mass is 578 g/mol. The lowest BCUT2D eigenvalue weighted by molar-refractivity contribution is -0.144. The highest BCUT2D eigenvalue weighted by Crippen LogP contribution is 2.44. The molecule has 5 heterocycles.